The number of aryl methyl sites for hydroxylation is 2. The second-order valence-corrected chi connectivity index (χ2v) is 8.23. The number of rotatable bonds is 5. The Bertz CT molecular complexity index is 830. The summed E-state index contributed by atoms with van der Waals surface area (Å²) in [6.45, 7) is 3.76. The number of carbonyl (C=O) groups excluding carboxylic acids is 2. The Balaban J connectivity index is 1.55. The van der Waals surface area contributed by atoms with Crippen molar-refractivity contribution in [1.29, 1.82) is 0 Å². The highest BCUT2D eigenvalue weighted by Gasteiger charge is 2.23. The summed E-state index contributed by atoms with van der Waals surface area (Å²) in [4.78, 5) is 26.2. The van der Waals surface area contributed by atoms with Crippen LogP contribution in [0.2, 0.25) is 5.02 Å². The van der Waals surface area contributed by atoms with Gasteiger partial charge < -0.3 is 10.1 Å². The average Bonchev–Trinajstić information content (AvgIpc) is 3.05. The van der Waals surface area contributed by atoms with Crippen molar-refractivity contribution < 1.29 is 14.3 Å². The first-order valence-corrected chi connectivity index (χ1v) is 10.0. The molecule has 4 nitrogen and oxygen atoms in total. The highest BCUT2D eigenvalue weighted by Crippen LogP contribution is 2.33. The number of carbonyl (C=O) groups is 2. The lowest BCUT2D eigenvalue weighted by molar-refractivity contribution is -0.119. The van der Waals surface area contributed by atoms with Crippen LogP contribution in [0.1, 0.15) is 45.4 Å². The second kappa shape index (κ2) is 8.23. The first-order chi connectivity index (χ1) is 12.5. The fraction of sp³-hybridized carbons (Fsp3) is 0.400. The molecule has 1 amide bonds. The normalized spacial score (nSPS) is 16.0. The predicted molar refractivity (Wildman–Crippen MR) is 105 cm³/mol. The maximum absolute atomic E-state index is 12.3. The molecule has 1 N–H and O–H groups in total. The number of esters is 1. The summed E-state index contributed by atoms with van der Waals surface area (Å²) in [5.74, 6) is -0.0917. The van der Waals surface area contributed by atoms with Crippen LogP contribution in [0, 0.1) is 12.8 Å². The van der Waals surface area contributed by atoms with Crippen LogP contribution in [0.15, 0.2) is 24.3 Å². The van der Waals surface area contributed by atoms with Crippen LogP contribution < -0.4 is 5.32 Å². The summed E-state index contributed by atoms with van der Waals surface area (Å²) in [6.07, 6.45) is 4.41. The molecule has 0 saturated heterocycles. The molecule has 1 aromatic carbocycles. The average molecular weight is 392 g/mol. The van der Waals surface area contributed by atoms with E-state index in [2.05, 4.69) is 12.2 Å². The molecular formula is C20H22ClNO3S. The van der Waals surface area contributed by atoms with Crippen LogP contribution in [-0.4, -0.2) is 18.5 Å². The number of halogens is 1. The number of amides is 1. The van der Waals surface area contributed by atoms with Gasteiger partial charge in [-0.25, -0.2) is 4.79 Å². The zero-order valence-corrected chi connectivity index (χ0v) is 16.5. The van der Waals surface area contributed by atoms with Crippen LogP contribution in [-0.2, 0) is 22.4 Å². The summed E-state index contributed by atoms with van der Waals surface area (Å²) in [5.41, 5.74) is 2.78. The van der Waals surface area contributed by atoms with Crippen molar-refractivity contribution in [2.75, 3.05) is 11.9 Å². The van der Waals surface area contributed by atoms with Gasteiger partial charge in [-0.1, -0.05) is 24.9 Å². The van der Waals surface area contributed by atoms with Gasteiger partial charge in [0.05, 0.1) is 0 Å². The number of hydrogen-bond donors (Lipinski definition) is 1. The van der Waals surface area contributed by atoms with E-state index in [4.69, 9.17) is 16.3 Å². The Morgan fingerprint density at radius 3 is 2.88 bits per heavy atom. The van der Waals surface area contributed by atoms with E-state index in [1.54, 1.807) is 18.2 Å². The van der Waals surface area contributed by atoms with Crippen molar-refractivity contribution in [3.05, 3.63) is 50.2 Å². The Morgan fingerprint density at radius 2 is 2.15 bits per heavy atom. The van der Waals surface area contributed by atoms with Crippen LogP contribution >= 0.6 is 22.9 Å². The van der Waals surface area contributed by atoms with Crippen molar-refractivity contribution >= 4 is 40.5 Å². The van der Waals surface area contributed by atoms with Gasteiger partial charge >= 0.3 is 5.97 Å². The fourth-order valence-electron chi connectivity index (χ4n) is 3.20. The largest absolute Gasteiger partial charge is 0.451 e. The minimum absolute atomic E-state index is 0.305. The van der Waals surface area contributed by atoms with E-state index in [9.17, 15) is 9.59 Å². The van der Waals surface area contributed by atoms with Gasteiger partial charge in [0.15, 0.2) is 6.61 Å². The zero-order chi connectivity index (χ0) is 18.7. The summed E-state index contributed by atoms with van der Waals surface area (Å²) in [6, 6.07) is 7.14. The lowest BCUT2D eigenvalue weighted by Gasteiger charge is -2.19. The van der Waals surface area contributed by atoms with Gasteiger partial charge in [-0.15, -0.1) is 11.3 Å². The molecule has 0 saturated carbocycles. The molecule has 1 atom stereocenters. The number of ether oxygens (including phenoxy) is 1. The molecule has 138 valence electrons. The third kappa shape index (κ3) is 4.46. The molecule has 0 fully saturated rings. The van der Waals surface area contributed by atoms with Gasteiger partial charge in [0.2, 0.25) is 0 Å². The molecular weight excluding hydrogens is 370 g/mol. The Morgan fingerprint density at radius 1 is 1.35 bits per heavy atom. The van der Waals surface area contributed by atoms with E-state index in [0.29, 0.717) is 21.5 Å². The van der Waals surface area contributed by atoms with Crippen molar-refractivity contribution in [2.24, 2.45) is 5.92 Å². The molecule has 2 aromatic rings. The molecule has 0 bridgehead atoms. The van der Waals surface area contributed by atoms with Gasteiger partial charge in [-0.3, -0.25) is 4.79 Å². The van der Waals surface area contributed by atoms with E-state index in [-0.39, 0.29) is 12.5 Å². The topological polar surface area (TPSA) is 55.4 Å². The third-order valence-corrected chi connectivity index (χ3v) is 6.21. The number of hydrogen-bond acceptors (Lipinski definition) is 4. The number of benzene rings is 1. The van der Waals surface area contributed by atoms with E-state index in [1.807, 2.05) is 13.0 Å². The minimum Gasteiger partial charge on any atom is -0.451 e. The first-order valence-electron chi connectivity index (χ1n) is 8.81. The van der Waals surface area contributed by atoms with E-state index < -0.39 is 5.97 Å². The number of anilines is 1. The maximum atomic E-state index is 12.3. The highest BCUT2D eigenvalue weighted by atomic mass is 35.5. The molecule has 3 rings (SSSR count). The summed E-state index contributed by atoms with van der Waals surface area (Å²) in [5, 5.41) is 3.35. The number of fused-ring (bicyclic) bond motifs is 1. The minimum atomic E-state index is -0.430. The van der Waals surface area contributed by atoms with Crippen molar-refractivity contribution in [3.63, 3.8) is 0 Å². The van der Waals surface area contributed by atoms with Crippen molar-refractivity contribution in [2.45, 2.75) is 39.5 Å². The molecule has 6 heteroatoms. The van der Waals surface area contributed by atoms with Gasteiger partial charge in [0.25, 0.3) is 5.91 Å². The molecule has 0 spiro atoms. The van der Waals surface area contributed by atoms with Crippen molar-refractivity contribution in [1.82, 2.24) is 0 Å². The summed E-state index contributed by atoms with van der Waals surface area (Å²) < 4.78 is 5.19. The number of nitrogens with one attached hydrogen (secondary N) is 1. The van der Waals surface area contributed by atoms with Crippen LogP contribution in [0.25, 0.3) is 0 Å². The molecule has 26 heavy (non-hydrogen) atoms. The second-order valence-electron chi connectivity index (χ2n) is 6.66. The first kappa shape index (κ1) is 18.9. The monoisotopic (exact) mass is 391 g/mol. The Kier molecular flexibility index (Phi) is 5.99. The molecule has 1 heterocycles. The molecule has 0 aliphatic heterocycles. The van der Waals surface area contributed by atoms with Crippen molar-refractivity contribution in [3.8, 4) is 0 Å². The molecule has 1 aliphatic carbocycles. The van der Waals surface area contributed by atoms with Crippen LogP contribution in [0.5, 0.6) is 0 Å². The van der Waals surface area contributed by atoms with Crippen LogP contribution in [0.4, 0.5) is 5.69 Å². The maximum Gasteiger partial charge on any atom is 0.348 e. The Hall–Kier alpha value is -1.85. The van der Waals surface area contributed by atoms with Gasteiger partial charge in [0.1, 0.15) is 4.88 Å². The van der Waals surface area contributed by atoms with E-state index >= 15 is 0 Å². The standard InChI is InChI=1S/C20H22ClNO3S/c1-3-13-4-7-17-14(9-13)10-18(26-17)20(24)25-11-19(23)22-16-6-5-15(21)8-12(16)2/h5-6,8,10,13H,3-4,7,9,11H2,1-2H3,(H,22,23)/t13-/m0/s1. The lowest BCUT2D eigenvalue weighted by atomic mass is 9.87. The van der Waals surface area contributed by atoms with E-state index in [1.165, 1.54) is 34.6 Å². The predicted octanol–water partition coefficient (Wildman–Crippen LogP) is 5.02. The molecule has 1 aliphatic rings. The summed E-state index contributed by atoms with van der Waals surface area (Å²) in [7, 11) is 0. The number of thiophene rings is 1. The van der Waals surface area contributed by atoms with Gasteiger partial charge in [0, 0.05) is 15.6 Å². The van der Waals surface area contributed by atoms with Gasteiger partial charge in [-0.05, 0) is 67.5 Å². The zero-order valence-electron chi connectivity index (χ0n) is 14.9. The van der Waals surface area contributed by atoms with Gasteiger partial charge in [-0.2, -0.15) is 0 Å². The molecule has 1 aromatic heterocycles. The molecule has 0 unspecified atom stereocenters. The lowest BCUT2D eigenvalue weighted by Crippen LogP contribution is -2.21. The SMILES string of the molecule is CC[C@H]1CCc2sc(C(=O)OCC(=O)Nc3ccc(Cl)cc3C)cc2C1. The van der Waals surface area contributed by atoms with Crippen LogP contribution in [0.3, 0.4) is 0 Å². The highest BCUT2D eigenvalue weighted by molar-refractivity contribution is 7.14. The quantitative estimate of drug-likeness (QED) is 0.728. The third-order valence-electron chi connectivity index (χ3n) is 4.76. The van der Waals surface area contributed by atoms with E-state index in [0.717, 1.165) is 18.4 Å². The fourth-order valence-corrected chi connectivity index (χ4v) is 4.53. The Labute approximate surface area is 162 Å². The summed E-state index contributed by atoms with van der Waals surface area (Å²) >= 11 is 7.40. The smallest absolute Gasteiger partial charge is 0.348 e. The molecule has 0 radical (unpaired) electrons.